The van der Waals surface area contributed by atoms with Crippen molar-refractivity contribution in [2.75, 3.05) is 5.32 Å². The third-order valence-corrected chi connectivity index (χ3v) is 3.89. The first-order valence-electron chi connectivity index (χ1n) is 7.79. The molecule has 0 aliphatic heterocycles. The molecule has 0 spiro atoms. The number of rotatable bonds is 4. The van der Waals surface area contributed by atoms with Gasteiger partial charge >= 0.3 is 0 Å². The van der Waals surface area contributed by atoms with E-state index in [1.807, 2.05) is 0 Å². The van der Waals surface area contributed by atoms with Crippen LogP contribution in [0, 0.1) is 0 Å². The van der Waals surface area contributed by atoms with E-state index in [0.29, 0.717) is 5.92 Å². The lowest BCUT2D eigenvalue weighted by atomic mass is 9.87. The van der Waals surface area contributed by atoms with Crippen molar-refractivity contribution in [2.24, 2.45) is 0 Å². The molecule has 1 heteroatoms. The molecule has 0 aliphatic carbocycles. The molecule has 0 aromatic heterocycles. The van der Waals surface area contributed by atoms with Crippen molar-refractivity contribution in [3.63, 3.8) is 0 Å². The minimum Gasteiger partial charge on any atom is -0.381 e. The largest absolute Gasteiger partial charge is 0.381 e. The van der Waals surface area contributed by atoms with E-state index < -0.39 is 0 Å². The van der Waals surface area contributed by atoms with Crippen LogP contribution in [0.4, 0.5) is 5.69 Å². The second kappa shape index (κ2) is 6.34. The van der Waals surface area contributed by atoms with Gasteiger partial charge in [0, 0.05) is 12.2 Å². The van der Waals surface area contributed by atoms with Crippen LogP contribution in [0.1, 0.15) is 57.2 Å². The molecule has 1 N–H and O–H groups in total. The molecule has 21 heavy (non-hydrogen) atoms. The summed E-state index contributed by atoms with van der Waals surface area (Å²) in [4.78, 5) is 0. The molecule has 0 saturated heterocycles. The molecule has 0 aliphatic rings. The summed E-state index contributed by atoms with van der Waals surface area (Å²) in [5.74, 6) is 0.587. The van der Waals surface area contributed by atoms with Gasteiger partial charge in [0.05, 0.1) is 0 Å². The lowest BCUT2D eigenvalue weighted by Crippen LogP contribution is -2.11. The second-order valence-electron chi connectivity index (χ2n) is 7.08. The smallest absolute Gasteiger partial charge is 0.0400 e. The minimum absolute atomic E-state index is 0.221. The summed E-state index contributed by atoms with van der Waals surface area (Å²) in [6, 6.07) is 17.6. The molecular weight excluding hydrogens is 254 g/mol. The fourth-order valence-corrected chi connectivity index (χ4v) is 2.31. The van der Waals surface area contributed by atoms with Crippen molar-refractivity contribution in [1.29, 1.82) is 0 Å². The Morgan fingerprint density at radius 3 is 1.90 bits per heavy atom. The Labute approximate surface area is 129 Å². The van der Waals surface area contributed by atoms with Gasteiger partial charge in [-0.1, -0.05) is 71.0 Å². The second-order valence-corrected chi connectivity index (χ2v) is 7.08. The topological polar surface area (TPSA) is 12.0 Å². The molecule has 0 saturated carbocycles. The van der Waals surface area contributed by atoms with Crippen LogP contribution < -0.4 is 5.32 Å². The average molecular weight is 281 g/mol. The van der Waals surface area contributed by atoms with Crippen LogP contribution in [0.3, 0.4) is 0 Å². The lowest BCUT2D eigenvalue weighted by molar-refractivity contribution is 0.590. The molecule has 2 rings (SSSR count). The van der Waals surface area contributed by atoms with Crippen LogP contribution in [0.25, 0.3) is 0 Å². The summed E-state index contributed by atoms with van der Waals surface area (Å²) in [7, 11) is 0. The molecular formula is C20H27N. The monoisotopic (exact) mass is 281 g/mol. The summed E-state index contributed by atoms with van der Waals surface area (Å²) in [5, 5.41) is 3.49. The van der Waals surface area contributed by atoms with Gasteiger partial charge in [-0.3, -0.25) is 0 Å². The highest BCUT2D eigenvalue weighted by Gasteiger charge is 2.12. The normalized spacial score (nSPS) is 11.7. The van der Waals surface area contributed by atoms with Gasteiger partial charge in [-0.05, 0) is 40.2 Å². The first kappa shape index (κ1) is 15.6. The van der Waals surface area contributed by atoms with Crippen LogP contribution in [0.15, 0.2) is 48.5 Å². The fraction of sp³-hybridized carbons (Fsp3) is 0.400. The maximum Gasteiger partial charge on any atom is 0.0400 e. The average Bonchev–Trinajstić information content (AvgIpc) is 2.45. The Hall–Kier alpha value is -1.76. The number of nitrogens with one attached hydrogen (secondary N) is 1. The summed E-state index contributed by atoms with van der Waals surface area (Å²) in [6.07, 6.45) is 0. The number of anilines is 1. The zero-order valence-electron chi connectivity index (χ0n) is 13.9. The van der Waals surface area contributed by atoms with E-state index in [1.54, 1.807) is 0 Å². The van der Waals surface area contributed by atoms with Crippen LogP contribution in [-0.4, -0.2) is 0 Å². The third kappa shape index (κ3) is 4.35. The zero-order valence-corrected chi connectivity index (χ0v) is 13.9. The van der Waals surface area contributed by atoms with Gasteiger partial charge in [0.1, 0.15) is 0 Å². The van der Waals surface area contributed by atoms with Crippen molar-refractivity contribution in [2.45, 2.75) is 52.5 Å². The molecule has 2 aromatic rings. The van der Waals surface area contributed by atoms with E-state index in [1.165, 1.54) is 22.4 Å². The van der Waals surface area contributed by atoms with Gasteiger partial charge in [-0.2, -0.15) is 0 Å². The van der Waals surface area contributed by atoms with Crippen molar-refractivity contribution in [1.82, 2.24) is 0 Å². The van der Waals surface area contributed by atoms with Crippen LogP contribution in [0.5, 0.6) is 0 Å². The molecule has 0 bridgehead atoms. The van der Waals surface area contributed by atoms with Gasteiger partial charge in [0.15, 0.2) is 0 Å². The van der Waals surface area contributed by atoms with Gasteiger partial charge < -0.3 is 5.32 Å². The Morgan fingerprint density at radius 2 is 1.43 bits per heavy atom. The van der Waals surface area contributed by atoms with Gasteiger partial charge in [0.25, 0.3) is 0 Å². The Morgan fingerprint density at radius 1 is 0.857 bits per heavy atom. The summed E-state index contributed by atoms with van der Waals surface area (Å²) >= 11 is 0. The summed E-state index contributed by atoms with van der Waals surface area (Å²) < 4.78 is 0. The molecule has 0 radical (unpaired) electrons. The maximum absolute atomic E-state index is 3.49. The van der Waals surface area contributed by atoms with Crippen molar-refractivity contribution < 1.29 is 0 Å². The first-order chi connectivity index (χ1) is 9.86. The van der Waals surface area contributed by atoms with Crippen molar-refractivity contribution in [3.8, 4) is 0 Å². The minimum atomic E-state index is 0.221. The molecule has 0 heterocycles. The maximum atomic E-state index is 3.49. The summed E-state index contributed by atoms with van der Waals surface area (Å²) in [6.45, 7) is 12.0. The van der Waals surface area contributed by atoms with E-state index >= 15 is 0 Å². The predicted molar refractivity (Wildman–Crippen MR) is 93.0 cm³/mol. The number of hydrogen-bond acceptors (Lipinski definition) is 1. The Kier molecular flexibility index (Phi) is 4.72. The quantitative estimate of drug-likeness (QED) is 0.755. The molecule has 0 unspecified atom stereocenters. The Bertz CT molecular complexity index is 556. The molecule has 112 valence electrons. The molecule has 1 nitrogen and oxygen atoms in total. The number of benzene rings is 2. The van der Waals surface area contributed by atoms with E-state index in [-0.39, 0.29) is 5.41 Å². The number of hydrogen-bond donors (Lipinski definition) is 1. The summed E-state index contributed by atoms with van der Waals surface area (Å²) in [5.41, 5.74) is 5.48. The van der Waals surface area contributed by atoms with E-state index in [4.69, 9.17) is 0 Å². The molecule has 0 fully saturated rings. The van der Waals surface area contributed by atoms with Crippen LogP contribution in [-0.2, 0) is 12.0 Å². The predicted octanol–water partition coefficient (Wildman–Crippen LogP) is 5.72. The fourth-order valence-electron chi connectivity index (χ4n) is 2.31. The van der Waals surface area contributed by atoms with Gasteiger partial charge in [0.2, 0.25) is 0 Å². The molecule has 2 aromatic carbocycles. The van der Waals surface area contributed by atoms with Crippen LogP contribution in [0.2, 0.25) is 0 Å². The van der Waals surface area contributed by atoms with E-state index in [2.05, 4.69) is 88.5 Å². The standard InChI is InChI=1S/C20H27N/c1-15(2)17-8-12-19(13-9-17)21-14-16-6-10-18(11-7-16)20(3,4)5/h6-13,15,21H,14H2,1-5H3. The highest BCUT2D eigenvalue weighted by molar-refractivity contribution is 5.45. The highest BCUT2D eigenvalue weighted by Crippen LogP contribution is 2.22. The first-order valence-corrected chi connectivity index (χ1v) is 7.79. The Balaban J connectivity index is 1.96. The SMILES string of the molecule is CC(C)c1ccc(NCc2ccc(C(C)(C)C)cc2)cc1. The molecule has 0 amide bonds. The van der Waals surface area contributed by atoms with Crippen molar-refractivity contribution >= 4 is 5.69 Å². The molecule has 0 atom stereocenters. The zero-order chi connectivity index (χ0) is 15.5. The highest BCUT2D eigenvalue weighted by atomic mass is 14.9. The van der Waals surface area contributed by atoms with Crippen LogP contribution >= 0.6 is 0 Å². The lowest BCUT2D eigenvalue weighted by Gasteiger charge is -2.19. The van der Waals surface area contributed by atoms with Crippen molar-refractivity contribution in [3.05, 3.63) is 65.2 Å². The van der Waals surface area contributed by atoms with Gasteiger partial charge in [-0.15, -0.1) is 0 Å². The van der Waals surface area contributed by atoms with Gasteiger partial charge in [-0.25, -0.2) is 0 Å². The third-order valence-electron chi connectivity index (χ3n) is 3.89. The van der Waals surface area contributed by atoms with E-state index in [0.717, 1.165) is 6.54 Å². The van der Waals surface area contributed by atoms with E-state index in [9.17, 15) is 0 Å².